The molecule has 1 N–H and O–H groups in total. The molecule has 0 spiro atoms. The second-order valence-electron chi connectivity index (χ2n) is 6.58. The lowest BCUT2D eigenvalue weighted by atomic mass is 10.0. The molecule has 126 valence electrons. The van der Waals surface area contributed by atoms with Crippen LogP contribution in [-0.2, 0) is 17.9 Å². The molecule has 0 atom stereocenters. The van der Waals surface area contributed by atoms with Gasteiger partial charge in [0.2, 0.25) is 5.91 Å². The fourth-order valence-corrected chi connectivity index (χ4v) is 2.87. The molecule has 0 aliphatic rings. The van der Waals surface area contributed by atoms with E-state index in [0.29, 0.717) is 12.5 Å². The molecule has 1 heterocycles. The van der Waals surface area contributed by atoms with Crippen molar-refractivity contribution in [2.24, 2.45) is 11.8 Å². The summed E-state index contributed by atoms with van der Waals surface area (Å²) in [4.78, 5) is 16.9. The Morgan fingerprint density at radius 2 is 1.91 bits per heavy atom. The van der Waals surface area contributed by atoms with Crippen LogP contribution in [0.1, 0.15) is 52.8 Å². The number of para-hydroxylation sites is 2. The van der Waals surface area contributed by atoms with Gasteiger partial charge in [-0.2, -0.15) is 0 Å². The largest absolute Gasteiger partial charge is 0.349 e. The summed E-state index contributed by atoms with van der Waals surface area (Å²) in [5.74, 6) is 1.83. The minimum Gasteiger partial charge on any atom is -0.349 e. The zero-order valence-corrected chi connectivity index (χ0v) is 14.8. The van der Waals surface area contributed by atoms with Gasteiger partial charge in [-0.15, -0.1) is 0 Å². The number of carbonyl (C=O) groups is 1. The van der Waals surface area contributed by atoms with Gasteiger partial charge >= 0.3 is 0 Å². The van der Waals surface area contributed by atoms with E-state index in [2.05, 4.69) is 43.6 Å². The SMILES string of the molecule is CCC(CC)C(=O)NCc1nc2ccccc2n1CCC(C)C. The zero-order valence-electron chi connectivity index (χ0n) is 14.8. The minimum atomic E-state index is 0.100. The molecule has 1 aromatic carbocycles. The summed E-state index contributed by atoms with van der Waals surface area (Å²) >= 11 is 0. The molecule has 0 radical (unpaired) electrons. The van der Waals surface area contributed by atoms with Gasteiger partial charge in [-0.05, 0) is 37.3 Å². The molecular formula is C19H29N3O. The lowest BCUT2D eigenvalue weighted by molar-refractivity contribution is -0.125. The van der Waals surface area contributed by atoms with Crippen LogP contribution in [-0.4, -0.2) is 15.5 Å². The first-order valence-electron chi connectivity index (χ1n) is 8.78. The van der Waals surface area contributed by atoms with Crippen molar-refractivity contribution < 1.29 is 4.79 Å². The maximum absolute atomic E-state index is 12.2. The van der Waals surface area contributed by atoms with E-state index in [1.165, 1.54) is 0 Å². The molecule has 0 aliphatic carbocycles. The molecule has 2 aromatic rings. The number of amides is 1. The Morgan fingerprint density at radius 1 is 1.22 bits per heavy atom. The molecule has 0 unspecified atom stereocenters. The summed E-state index contributed by atoms with van der Waals surface area (Å²) in [6.45, 7) is 10.0. The standard InChI is InChI=1S/C19H29N3O/c1-5-15(6-2)19(23)20-13-18-21-16-9-7-8-10-17(16)22(18)12-11-14(3)4/h7-10,14-15H,5-6,11-13H2,1-4H3,(H,20,23). The molecule has 4 heteroatoms. The van der Waals surface area contributed by atoms with E-state index >= 15 is 0 Å². The van der Waals surface area contributed by atoms with Crippen molar-refractivity contribution in [2.75, 3.05) is 0 Å². The summed E-state index contributed by atoms with van der Waals surface area (Å²) in [7, 11) is 0. The van der Waals surface area contributed by atoms with E-state index < -0.39 is 0 Å². The first-order chi connectivity index (χ1) is 11.1. The second-order valence-corrected chi connectivity index (χ2v) is 6.58. The molecule has 0 bridgehead atoms. The fourth-order valence-electron chi connectivity index (χ4n) is 2.87. The maximum Gasteiger partial charge on any atom is 0.223 e. The average molecular weight is 315 g/mol. The predicted octanol–water partition coefficient (Wildman–Crippen LogP) is 4.13. The number of hydrogen-bond donors (Lipinski definition) is 1. The van der Waals surface area contributed by atoms with Gasteiger partial charge in [0.05, 0.1) is 17.6 Å². The van der Waals surface area contributed by atoms with Gasteiger partial charge in [0, 0.05) is 12.5 Å². The number of hydrogen-bond acceptors (Lipinski definition) is 2. The summed E-state index contributed by atoms with van der Waals surface area (Å²) in [5.41, 5.74) is 2.16. The van der Waals surface area contributed by atoms with Crippen molar-refractivity contribution in [2.45, 2.75) is 60.0 Å². The van der Waals surface area contributed by atoms with Crippen LogP contribution in [0.4, 0.5) is 0 Å². The molecule has 0 aliphatic heterocycles. The van der Waals surface area contributed by atoms with Crippen molar-refractivity contribution in [1.29, 1.82) is 0 Å². The van der Waals surface area contributed by atoms with Gasteiger partial charge in [0.15, 0.2) is 0 Å². The number of aromatic nitrogens is 2. The zero-order chi connectivity index (χ0) is 16.8. The number of fused-ring (bicyclic) bond motifs is 1. The number of carbonyl (C=O) groups excluding carboxylic acids is 1. The number of imidazole rings is 1. The van der Waals surface area contributed by atoms with E-state index in [9.17, 15) is 4.79 Å². The topological polar surface area (TPSA) is 46.9 Å². The van der Waals surface area contributed by atoms with Crippen LogP contribution in [0.2, 0.25) is 0 Å². The first-order valence-corrected chi connectivity index (χ1v) is 8.78. The average Bonchev–Trinajstić information content (AvgIpc) is 2.89. The van der Waals surface area contributed by atoms with Gasteiger partial charge in [0.25, 0.3) is 0 Å². The number of benzene rings is 1. The smallest absolute Gasteiger partial charge is 0.223 e. The number of aryl methyl sites for hydroxylation is 1. The van der Waals surface area contributed by atoms with E-state index in [1.54, 1.807) is 0 Å². The van der Waals surface area contributed by atoms with Crippen LogP contribution in [0.15, 0.2) is 24.3 Å². The van der Waals surface area contributed by atoms with Gasteiger partial charge in [-0.25, -0.2) is 4.98 Å². The highest BCUT2D eigenvalue weighted by atomic mass is 16.1. The predicted molar refractivity (Wildman–Crippen MR) is 95.1 cm³/mol. The third-order valence-corrected chi connectivity index (χ3v) is 4.44. The number of rotatable bonds is 8. The normalized spacial score (nSPS) is 11.6. The van der Waals surface area contributed by atoms with E-state index in [1.807, 2.05) is 18.2 Å². The molecule has 0 saturated carbocycles. The Morgan fingerprint density at radius 3 is 2.57 bits per heavy atom. The Kier molecular flexibility index (Phi) is 6.20. The monoisotopic (exact) mass is 315 g/mol. The van der Waals surface area contributed by atoms with Crippen molar-refractivity contribution in [3.63, 3.8) is 0 Å². The van der Waals surface area contributed by atoms with Crippen LogP contribution in [0.25, 0.3) is 11.0 Å². The van der Waals surface area contributed by atoms with Gasteiger partial charge in [-0.3, -0.25) is 4.79 Å². The molecule has 1 amide bonds. The van der Waals surface area contributed by atoms with E-state index in [4.69, 9.17) is 4.98 Å². The summed E-state index contributed by atoms with van der Waals surface area (Å²) < 4.78 is 2.25. The van der Waals surface area contributed by atoms with E-state index in [-0.39, 0.29) is 11.8 Å². The molecule has 23 heavy (non-hydrogen) atoms. The minimum absolute atomic E-state index is 0.100. The van der Waals surface area contributed by atoms with Gasteiger partial charge < -0.3 is 9.88 Å². The van der Waals surface area contributed by atoms with Crippen molar-refractivity contribution in [3.05, 3.63) is 30.1 Å². The highest BCUT2D eigenvalue weighted by Crippen LogP contribution is 2.18. The molecule has 0 fully saturated rings. The van der Waals surface area contributed by atoms with Crippen LogP contribution in [0.5, 0.6) is 0 Å². The molecular weight excluding hydrogens is 286 g/mol. The molecule has 4 nitrogen and oxygen atoms in total. The van der Waals surface area contributed by atoms with Gasteiger partial charge in [-0.1, -0.05) is 39.8 Å². The van der Waals surface area contributed by atoms with Crippen LogP contribution in [0.3, 0.4) is 0 Å². The lowest BCUT2D eigenvalue weighted by Crippen LogP contribution is -2.30. The Labute approximate surface area is 139 Å². The number of nitrogens with one attached hydrogen (secondary N) is 1. The van der Waals surface area contributed by atoms with Crippen LogP contribution in [0, 0.1) is 11.8 Å². The van der Waals surface area contributed by atoms with Gasteiger partial charge in [0.1, 0.15) is 5.82 Å². The number of nitrogens with zero attached hydrogens (tertiary/aromatic N) is 2. The quantitative estimate of drug-likeness (QED) is 0.796. The second kappa shape index (κ2) is 8.14. The molecule has 1 aromatic heterocycles. The first kappa shape index (κ1) is 17.5. The maximum atomic E-state index is 12.2. The lowest BCUT2D eigenvalue weighted by Gasteiger charge is -2.14. The highest BCUT2D eigenvalue weighted by Gasteiger charge is 2.16. The van der Waals surface area contributed by atoms with Crippen molar-refractivity contribution in [1.82, 2.24) is 14.9 Å². The van der Waals surface area contributed by atoms with Crippen molar-refractivity contribution >= 4 is 16.9 Å². The summed E-state index contributed by atoms with van der Waals surface area (Å²) in [6, 6.07) is 8.19. The Bertz CT molecular complexity index is 641. The van der Waals surface area contributed by atoms with Crippen molar-refractivity contribution in [3.8, 4) is 0 Å². The van der Waals surface area contributed by atoms with Crippen LogP contribution >= 0.6 is 0 Å². The summed E-state index contributed by atoms with van der Waals surface area (Å²) in [5, 5.41) is 3.07. The third-order valence-electron chi connectivity index (χ3n) is 4.44. The Balaban J connectivity index is 2.18. The van der Waals surface area contributed by atoms with E-state index in [0.717, 1.165) is 42.7 Å². The molecule has 2 rings (SSSR count). The van der Waals surface area contributed by atoms with Crippen LogP contribution < -0.4 is 5.32 Å². The summed E-state index contributed by atoms with van der Waals surface area (Å²) in [6.07, 6.45) is 2.87. The third kappa shape index (κ3) is 4.34. The molecule has 0 saturated heterocycles. The fraction of sp³-hybridized carbons (Fsp3) is 0.579. The highest BCUT2D eigenvalue weighted by molar-refractivity contribution is 5.79. The Hall–Kier alpha value is -1.84.